The van der Waals surface area contributed by atoms with Gasteiger partial charge in [0.25, 0.3) is 0 Å². The molecular weight excluding hydrogens is 554 g/mol. The van der Waals surface area contributed by atoms with Crippen molar-refractivity contribution in [3.05, 3.63) is 40.6 Å². The molecular formula is C28H34ClN5O7. The van der Waals surface area contributed by atoms with Gasteiger partial charge in [0.2, 0.25) is 0 Å². The summed E-state index contributed by atoms with van der Waals surface area (Å²) in [6.45, 7) is 2.81. The van der Waals surface area contributed by atoms with Crippen LogP contribution in [0, 0.1) is 11.3 Å². The topological polar surface area (TPSA) is 167 Å². The summed E-state index contributed by atoms with van der Waals surface area (Å²) in [6, 6.07) is 7.93. The van der Waals surface area contributed by atoms with Crippen molar-refractivity contribution < 1.29 is 33.7 Å². The molecule has 0 fully saturated rings. The average Bonchev–Trinajstić information content (AvgIpc) is 3.32. The number of unbranched alkanes of at least 4 members (excludes halogenated alkanes) is 3. The summed E-state index contributed by atoms with van der Waals surface area (Å²) in [7, 11) is 2.58. The molecule has 2 aromatic rings. The van der Waals surface area contributed by atoms with E-state index >= 15 is 0 Å². The number of carbonyl (C=O) groups is 3. The molecule has 0 aliphatic carbocycles. The lowest BCUT2D eigenvalue weighted by atomic mass is 10.2. The summed E-state index contributed by atoms with van der Waals surface area (Å²) >= 11 is 6.22. The van der Waals surface area contributed by atoms with Gasteiger partial charge in [0.15, 0.2) is 5.82 Å². The van der Waals surface area contributed by atoms with E-state index in [0.29, 0.717) is 11.3 Å². The van der Waals surface area contributed by atoms with E-state index < -0.39 is 17.9 Å². The molecule has 0 amide bonds. The van der Waals surface area contributed by atoms with E-state index in [9.17, 15) is 24.8 Å². The van der Waals surface area contributed by atoms with E-state index in [1.54, 1.807) is 11.0 Å². The van der Waals surface area contributed by atoms with Gasteiger partial charge in [0, 0.05) is 30.4 Å². The lowest BCUT2D eigenvalue weighted by Crippen LogP contribution is -2.29. The summed E-state index contributed by atoms with van der Waals surface area (Å²) in [5.41, 5.74) is 0.821. The second kappa shape index (κ2) is 17.3. The summed E-state index contributed by atoms with van der Waals surface area (Å²) in [5.74, 6) is -1.54. The second-order valence-electron chi connectivity index (χ2n) is 8.80. The maximum Gasteiger partial charge on any atom is 0.348 e. The lowest BCUT2D eigenvalue weighted by Gasteiger charge is -2.24. The van der Waals surface area contributed by atoms with Crippen molar-refractivity contribution in [3.63, 3.8) is 0 Å². The molecule has 0 spiro atoms. The van der Waals surface area contributed by atoms with Crippen LogP contribution in [0.4, 0.5) is 17.2 Å². The van der Waals surface area contributed by atoms with E-state index in [-0.39, 0.29) is 60.5 Å². The highest BCUT2D eigenvalue weighted by atomic mass is 35.5. The number of halogens is 1. The molecule has 2 N–H and O–H groups in total. The lowest BCUT2D eigenvalue weighted by molar-refractivity contribution is -0.140. The number of aromatic amines is 1. The fourth-order valence-corrected chi connectivity index (χ4v) is 3.79. The number of H-pyrrole nitrogens is 1. The van der Waals surface area contributed by atoms with Crippen LogP contribution in [-0.2, 0) is 28.6 Å². The summed E-state index contributed by atoms with van der Waals surface area (Å²) < 4.78 is 14.5. The molecule has 220 valence electrons. The van der Waals surface area contributed by atoms with Gasteiger partial charge in [0.05, 0.1) is 33.7 Å². The number of esters is 3. The van der Waals surface area contributed by atoms with Gasteiger partial charge < -0.3 is 29.2 Å². The molecule has 0 atom stereocenters. The Balaban J connectivity index is 2.14. The maximum atomic E-state index is 12.2. The van der Waals surface area contributed by atoms with Gasteiger partial charge >= 0.3 is 17.9 Å². The van der Waals surface area contributed by atoms with Gasteiger partial charge in [0.1, 0.15) is 28.2 Å². The van der Waals surface area contributed by atoms with Crippen LogP contribution >= 0.6 is 11.6 Å². The molecule has 1 aromatic carbocycles. The van der Waals surface area contributed by atoms with Gasteiger partial charge in [-0.3, -0.25) is 9.59 Å². The number of hydrogen-bond donors (Lipinski definition) is 2. The number of methoxy groups -OCH3 is 2. The highest BCUT2D eigenvalue weighted by molar-refractivity contribution is 6.31. The summed E-state index contributed by atoms with van der Waals surface area (Å²) in [4.78, 5) is 40.0. The van der Waals surface area contributed by atoms with E-state index in [2.05, 4.69) is 31.6 Å². The standard InChI is InChI=1S/C28H34ClN5O7/c1-4-5-6-7-14-41-28(38)20(18-30)15-19-16-24(31-27(19)29)33-32-22-9-8-21(17-23(22)35)34(12-10-25(36)39-2)13-11-26(37)40-3/h8-9,15-17,31,35H,4-7,10-14H2,1-3H3/b20-15+,33-32?. The molecule has 2 rings (SSSR count). The molecule has 0 bridgehead atoms. The SMILES string of the molecule is CCCCCCOC(=O)/C(C#N)=C/c1cc(N=Nc2ccc(N(CCC(=O)OC)CCC(=O)OC)cc2O)[nH]c1Cl. The first-order valence-electron chi connectivity index (χ1n) is 13.0. The Morgan fingerprint density at radius 3 is 2.34 bits per heavy atom. The van der Waals surface area contributed by atoms with E-state index in [1.165, 1.54) is 38.5 Å². The van der Waals surface area contributed by atoms with Crippen molar-refractivity contribution in [2.75, 3.05) is 38.8 Å². The number of nitriles is 1. The first-order valence-corrected chi connectivity index (χ1v) is 13.4. The van der Waals surface area contributed by atoms with Crippen molar-refractivity contribution in [3.8, 4) is 11.8 Å². The molecule has 0 saturated heterocycles. The highest BCUT2D eigenvalue weighted by Crippen LogP contribution is 2.33. The van der Waals surface area contributed by atoms with E-state index in [4.69, 9.17) is 16.3 Å². The quantitative estimate of drug-likeness (QED) is 0.0620. The molecule has 0 aliphatic rings. The number of carbonyl (C=O) groups excluding carboxylic acids is 3. The fourth-order valence-electron chi connectivity index (χ4n) is 3.58. The second-order valence-corrected chi connectivity index (χ2v) is 9.18. The predicted octanol–water partition coefficient (Wildman–Crippen LogP) is 5.75. The Hall–Kier alpha value is -4.37. The molecule has 1 heterocycles. The van der Waals surface area contributed by atoms with Crippen molar-refractivity contribution >= 4 is 52.8 Å². The van der Waals surface area contributed by atoms with Crippen LogP contribution in [-0.4, -0.2) is 61.9 Å². The number of anilines is 1. The minimum absolute atomic E-state index is 0.0778. The van der Waals surface area contributed by atoms with Crippen molar-refractivity contribution in [2.24, 2.45) is 10.2 Å². The molecule has 0 saturated carbocycles. The molecule has 0 radical (unpaired) electrons. The Morgan fingerprint density at radius 1 is 1.07 bits per heavy atom. The first kappa shape index (κ1) is 32.8. The van der Waals surface area contributed by atoms with Gasteiger partial charge in [-0.2, -0.15) is 5.26 Å². The van der Waals surface area contributed by atoms with E-state index in [0.717, 1.165) is 25.7 Å². The zero-order chi connectivity index (χ0) is 30.2. The van der Waals surface area contributed by atoms with Gasteiger partial charge in [-0.25, -0.2) is 4.79 Å². The number of azo groups is 1. The summed E-state index contributed by atoms with van der Waals surface area (Å²) in [5, 5.41) is 28.2. The summed E-state index contributed by atoms with van der Waals surface area (Å²) in [6.07, 6.45) is 5.22. The first-order chi connectivity index (χ1) is 19.7. The van der Waals surface area contributed by atoms with Crippen LogP contribution in [0.15, 0.2) is 40.1 Å². The number of aromatic nitrogens is 1. The average molecular weight is 588 g/mol. The third kappa shape index (κ3) is 11.0. The zero-order valence-electron chi connectivity index (χ0n) is 23.3. The maximum absolute atomic E-state index is 12.2. The molecule has 0 aliphatic heterocycles. The number of nitrogens with one attached hydrogen (secondary N) is 1. The molecule has 12 nitrogen and oxygen atoms in total. The van der Waals surface area contributed by atoms with E-state index in [1.807, 2.05) is 6.07 Å². The number of hydrogen-bond acceptors (Lipinski definition) is 11. The number of aromatic hydroxyl groups is 1. The fraction of sp³-hybridized carbons (Fsp3) is 0.429. The van der Waals surface area contributed by atoms with Crippen LogP contribution in [0.3, 0.4) is 0 Å². The van der Waals surface area contributed by atoms with Crippen LogP contribution in [0.2, 0.25) is 5.15 Å². The van der Waals surface area contributed by atoms with Gasteiger partial charge in [-0.15, -0.1) is 10.2 Å². The molecule has 0 unspecified atom stereocenters. The largest absolute Gasteiger partial charge is 0.506 e. The third-order valence-electron chi connectivity index (χ3n) is 5.87. The Bertz CT molecular complexity index is 1280. The number of rotatable bonds is 16. The Morgan fingerprint density at radius 2 is 1.76 bits per heavy atom. The number of phenolic OH excluding ortho intramolecular Hbond substituents is 1. The number of phenols is 1. The minimum Gasteiger partial charge on any atom is -0.506 e. The van der Waals surface area contributed by atoms with Crippen LogP contribution in [0.25, 0.3) is 6.08 Å². The minimum atomic E-state index is -0.735. The normalized spacial score (nSPS) is 11.2. The Kier molecular flexibility index (Phi) is 13.9. The van der Waals surface area contributed by atoms with Crippen LogP contribution < -0.4 is 4.90 Å². The third-order valence-corrected chi connectivity index (χ3v) is 6.18. The van der Waals surface area contributed by atoms with Crippen LogP contribution in [0.1, 0.15) is 51.0 Å². The number of ether oxygens (including phenoxy) is 3. The molecule has 41 heavy (non-hydrogen) atoms. The van der Waals surface area contributed by atoms with Gasteiger partial charge in [-0.1, -0.05) is 37.8 Å². The zero-order valence-corrected chi connectivity index (χ0v) is 24.1. The number of benzene rings is 1. The van der Waals surface area contributed by atoms with Crippen LogP contribution in [0.5, 0.6) is 5.75 Å². The number of nitrogens with zero attached hydrogens (tertiary/aromatic N) is 4. The predicted molar refractivity (Wildman–Crippen MR) is 152 cm³/mol. The molecule has 13 heteroatoms. The molecule has 1 aromatic heterocycles. The monoisotopic (exact) mass is 587 g/mol. The van der Waals surface area contributed by atoms with Gasteiger partial charge in [-0.05, 0) is 30.7 Å². The Labute approximate surface area is 243 Å². The van der Waals surface area contributed by atoms with Crippen molar-refractivity contribution in [2.45, 2.75) is 45.4 Å². The highest BCUT2D eigenvalue weighted by Gasteiger charge is 2.15. The smallest absolute Gasteiger partial charge is 0.348 e. The van der Waals surface area contributed by atoms with Crippen molar-refractivity contribution in [1.82, 2.24) is 4.98 Å². The van der Waals surface area contributed by atoms with Crippen molar-refractivity contribution in [1.29, 1.82) is 5.26 Å².